The van der Waals surface area contributed by atoms with E-state index in [-0.39, 0.29) is 11.8 Å². The second kappa shape index (κ2) is 8.14. The Morgan fingerprint density at radius 3 is 2.65 bits per heavy atom. The average molecular weight is 315 g/mol. The van der Waals surface area contributed by atoms with Gasteiger partial charge in [-0.15, -0.1) is 0 Å². The van der Waals surface area contributed by atoms with E-state index in [1.54, 1.807) is 44.6 Å². The van der Waals surface area contributed by atoms with Crippen molar-refractivity contribution in [2.24, 2.45) is 11.7 Å². The zero-order chi connectivity index (χ0) is 16.7. The fourth-order valence-electron chi connectivity index (χ4n) is 1.88. The highest BCUT2D eigenvalue weighted by atomic mass is 16.5. The molecular weight excluding hydrogens is 294 g/mol. The predicted molar refractivity (Wildman–Crippen MR) is 88.4 cm³/mol. The number of amides is 1. The van der Waals surface area contributed by atoms with Crippen LogP contribution in [-0.2, 0) is 11.4 Å². The molecule has 0 aliphatic heterocycles. The van der Waals surface area contributed by atoms with E-state index < -0.39 is 0 Å². The Kier molecular flexibility index (Phi) is 5.94. The average Bonchev–Trinajstić information content (AvgIpc) is 2.60. The van der Waals surface area contributed by atoms with Gasteiger partial charge in [0.05, 0.1) is 7.11 Å². The number of hydrogen-bond donors (Lipinski definition) is 2. The van der Waals surface area contributed by atoms with Crippen LogP contribution in [0, 0.1) is 5.92 Å². The minimum Gasteiger partial charge on any atom is -0.493 e. The molecule has 122 valence electrons. The molecule has 0 radical (unpaired) electrons. The molecule has 1 aromatic heterocycles. The normalized spacial score (nSPS) is 11.6. The van der Waals surface area contributed by atoms with Gasteiger partial charge in [-0.2, -0.15) is 0 Å². The molecule has 1 atom stereocenters. The lowest BCUT2D eigenvalue weighted by Crippen LogP contribution is -2.26. The number of benzene rings is 1. The zero-order valence-electron chi connectivity index (χ0n) is 13.3. The molecule has 0 aliphatic rings. The van der Waals surface area contributed by atoms with Crippen LogP contribution in [0.2, 0.25) is 0 Å². The molecule has 3 N–H and O–H groups in total. The molecule has 2 rings (SSSR count). The largest absolute Gasteiger partial charge is 0.493 e. The molecule has 0 bridgehead atoms. The Hall–Kier alpha value is -2.60. The molecule has 23 heavy (non-hydrogen) atoms. The van der Waals surface area contributed by atoms with Crippen molar-refractivity contribution in [1.82, 2.24) is 4.98 Å². The van der Waals surface area contributed by atoms with E-state index in [2.05, 4.69) is 10.3 Å². The number of nitrogens with zero attached hydrogens (tertiary/aromatic N) is 1. The van der Waals surface area contributed by atoms with E-state index in [9.17, 15) is 4.79 Å². The van der Waals surface area contributed by atoms with Crippen molar-refractivity contribution < 1.29 is 14.3 Å². The molecule has 1 unspecified atom stereocenters. The van der Waals surface area contributed by atoms with Crippen LogP contribution < -0.4 is 20.5 Å². The van der Waals surface area contributed by atoms with Gasteiger partial charge in [0, 0.05) is 36.6 Å². The minimum atomic E-state index is -0.252. The summed E-state index contributed by atoms with van der Waals surface area (Å²) in [5, 5.41) is 2.82. The van der Waals surface area contributed by atoms with E-state index in [1.807, 2.05) is 12.1 Å². The molecule has 0 fully saturated rings. The molecule has 1 heterocycles. The van der Waals surface area contributed by atoms with Crippen LogP contribution in [-0.4, -0.2) is 24.5 Å². The summed E-state index contributed by atoms with van der Waals surface area (Å²) in [6.45, 7) is 2.46. The maximum absolute atomic E-state index is 11.9. The first kappa shape index (κ1) is 16.8. The van der Waals surface area contributed by atoms with E-state index >= 15 is 0 Å². The maximum atomic E-state index is 11.9. The number of nitrogens with two attached hydrogens (primary N) is 1. The number of pyridine rings is 1. The summed E-state index contributed by atoms with van der Waals surface area (Å²) in [7, 11) is 1.57. The van der Waals surface area contributed by atoms with Gasteiger partial charge in [0.2, 0.25) is 5.91 Å². The Bertz CT molecular complexity index is 647. The van der Waals surface area contributed by atoms with Crippen molar-refractivity contribution in [2.45, 2.75) is 13.5 Å². The molecule has 0 saturated heterocycles. The molecule has 1 amide bonds. The van der Waals surface area contributed by atoms with E-state index in [0.29, 0.717) is 30.3 Å². The van der Waals surface area contributed by atoms with Crippen molar-refractivity contribution in [1.29, 1.82) is 0 Å². The summed E-state index contributed by atoms with van der Waals surface area (Å²) in [5.41, 5.74) is 7.14. The third-order valence-electron chi connectivity index (χ3n) is 3.38. The number of methoxy groups -OCH3 is 1. The van der Waals surface area contributed by atoms with Crippen molar-refractivity contribution >= 4 is 11.6 Å². The lowest BCUT2D eigenvalue weighted by Gasteiger charge is -2.14. The Morgan fingerprint density at radius 1 is 1.26 bits per heavy atom. The summed E-state index contributed by atoms with van der Waals surface area (Å²) in [4.78, 5) is 15.9. The Morgan fingerprint density at radius 2 is 2.00 bits per heavy atom. The van der Waals surface area contributed by atoms with E-state index in [1.165, 1.54) is 0 Å². The molecule has 6 nitrogen and oxygen atoms in total. The lowest BCUT2D eigenvalue weighted by atomic mass is 10.1. The quantitative estimate of drug-likeness (QED) is 0.818. The third-order valence-corrected chi connectivity index (χ3v) is 3.38. The molecule has 1 aromatic carbocycles. The first-order valence-corrected chi connectivity index (χ1v) is 7.34. The maximum Gasteiger partial charge on any atom is 0.228 e. The van der Waals surface area contributed by atoms with Crippen molar-refractivity contribution in [3.8, 4) is 11.5 Å². The summed E-state index contributed by atoms with van der Waals surface area (Å²) < 4.78 is 11.1. The predicted octanol–water partition coefficient (Wildman–Crippen LogP) is 2.20. The van der Waals surface area contributed by atoms with Gasteiger partial charge in [0.25, 0.3) is 0 Å². The number of carbonyl (C=O) groups excluding carboxylic acids is 1. The summed E-state index contributed by atoms with van der Waals surface area (Å²) in [6, 6.07) is 9.01. The zero-order valence-corrected chi connectivity index (χ0v) is 13.3. The highest BCUT2D eigenvalue weighted by Gasteiger charge is 2.13. The van der Waals surface area contributed by atoms with Gasteiger partial charge in [-0.25, -0.2) is 0 Å². The number of hydrogen-bond acceptors (Lipinski definition) is 5. The summed E-state index contributed by atoms with van der Waals surface area (Å²) in [6.07, 6.45) is 3.42. The van der Waals surface area contributed by atoms with Crippen LogP contribution in [0.5, 0.6) is 11.5 Å². The highest BCUT2D eigenvalue weighted by Crippen LogP contribution is 2.31. The van der Waals surface area contributed by atoms with Crippen molar-refractivity contribution in [3.63, 3.8) is 0 Å². The second-order valence-corrected chi connectivity index (χ2v) is 5.14. The van der Waals surface area contributed by atoms with Crippen LogP contribution in [0.3, 0.4) is 0 Å². The van der Waals surface area contributed by atoms with E-state index in [0.717, 1.165) is 5.56 Å². The van der Waals surface area contributed by atoms with Crippen LogP contribution in [0.4, 0.5) is 5.69 Å². The molecule has 6 heteroatoms. The van der Waals surface area contributed by atoms with Gasteiger partial charge >= 0.3 is 0 Å². The van der Waals surface area contributed by atoms with Gasteiger partial charge in [-0.05, 0) is 29.8 Å². The molecule has 0 spiro atoms. The summed E-state index contributed by atoms with van der Waals surface area (Å²) >= 11 is 0. The first-order valence-electron chi connectivity index (χ1n) is 7.34. The number of rotatable bonds is 7. The monoisotopic (exact) mass is 315 g/mol. The van der Waals surface area contributed by atoms with Gasteiger partial charge in [0.1, 0.15) is 6.61 Å². The van der Waals surface area contributed by atoms with Crippen LogP contribution in [0.15, 0.2) is 42.7 Å². The molecule has 0 saturated carbocycles. The van der Waals surface area contributed by atoms with Gasteiger partial charge in [-0.3, -0.25) is 9.78 Å². The number of anilines is 1. The van der Waals surface area contributed by atoms with Crippen molar-refractivity contribution in [3.05, 3.63) is 48.3 Å². The standard InChI is InChI=1S/C17H21N3O3/c1-12(10-18)17(21)20-14-3-4-15(22-2)16(9-14)23-11-13-5-7-19-8-6-13/h3-9,12H,10-11,18H2,1-2H3,(H,20,21). The topological polar surface area (TPSA) is 86.5 Å². The van der Waals surface area contributed by atoms with Gasteiger partial charge in [-0.1, -0.05) is 6.92 Å². The SMILES string of the molecule is COc1ccc(NC(=O)C(C)CN)cc1OCc1ccncc1. The molecular formula is C17H21N3O3. The highest BCUT2D eigenvalue weighted by molar-refractivity contribution is 5.92. The third kappa shape index (κ3) is 4.69. The van der Waals surface area contributed by atoms with Gasteiger partial charge in [0.15, 0.2) is 11.5 Å². The van der Waals surface area contributed by atoms with Gasteiger partial charge < -0.3 is 20.5 Å². The van der Waals surface area contributed by atoms with Crippen LogP contribution >= 0.6 is 0 Å². The number of ether oxygens (including phenoxy) is 2. The van der Waals surface area contributed by atoms with Crippen LogP contribution in [0.1, 0.15) is 12.5 Å². The fraction of sp³-hybridized carbons (Fsp3) is 0.294. The lowest BCUT2D eigenvalue weighted by molar-refractivity contribution is -0.119. The smallest absolute Gasteiger partial charge is 0.228 e. The fourth-order valence-corrected chi connectivity index (χ4v) is 1.88. The first-order chi connectivity index (χ1) is 11.1. The molecule has 2 aromatic rings. The Balaban J connectivity index is 2.10. The second-order valence-electron chi connectivity index (χ2n) is 5.14. The van der Waals surface area contributed by atoms with Crippen LogP contribution in [0.25, 0.3) is 0 Å². The number of carbonyl (C=O) groups is 1. The van der Waals surface area contributed by atoms with E-state index in [4.69, 9.17) is 15.2 Å². The number of nitrogens with one attached hydrogen (secondary N) is 1. The number of aromatic nitrogens is 1. The van der Waals surface area contributed by atoms with Crippen molar-refractivity contribution in [2.75, 3.05) is 19.0 Å². The minimum absolute atomic E-state index is 0.127. The molecule has 0 aliphatic carbocycles. The Labute approximate surface area is 135 Å². The summed E-state index contributed by atoms with van der Waals surface area (Å²) in [5.74, 6) is 0.780.